The first-order valence-corrected chi connectivity index (χ1v) is 5.45. The highest BCUT2D eigenvalue weighted by molar-refractivity contribution is 9.10. The van der Waals surface area contributed by atoms with Gasteiger partial charge in [0.2, 0.25) is 0 Å². The fourth-order valence-electron chi connectivity index (χ4n) is 1.17. The van der Waals surface area contributed by atoms with E-state index in [0.29, 0.717) is 0 Å². The number of halogens is 4. The van der Waals surface area contributed by atoms with Gasteiger partial charge in [-0.05, 0) is 22.0 Å². The molecule has 7 heteroatoms. The fraction of sp³-hybridized carbons (Fsp3) is 0.333. The van der Waals surface area contributed by atoms with Crippen molar-refractivity contribution in [1.82, 2.24) is 4.98 Å². The molecular formula is C9H7BrClF2NO2. The molecule has 16 heavy (non-hydrogen) atoms. The number of aromatic nitrogens is 1. The van der Waals surface area contributed by atoms with Crippen LogP contribution in [0.3, 0.4) is 0 Å². The van der Waals surface area contributed by atoms with Crippen molar-refractivity contribution in [2.45, 2.75) is 12.3 Å². The number of alkyl halides is 3. The Balaban J connectivity index is 3.41. The molecule has 0 bridgehead atoms. The maximum atomic E-state index is 12.6. The molecular weight excluding hydrogens is 307 g/mol. The quantitative estimate of drug-likeness (QED) is 0.488. The minimum atomic E-state index is -2.80. The lowest BCUT2D eigenvalue weighted by Gasteiger charge is -2.10. The van der Waals surface area contributed by atoms with E-state index < -0.39 is 18.1 Å². The third kappa shape index (κ3) is 2.68. The van der Waals surface area contributed by atoms with Crippen molar-refractivity contribution >= 4 is 33.5 Å². The summed E-state index contributed by atoms with van der Waals surface area (Å²) < 4.78 is 29.9. The molecule has 0 fully saturated rings. The highest BCUT2D eigenvalue weighted by atomic mass is 79.9. The largest absolute Gasteiger partial charge is 0.465 e. The molecule has 1 heterocycles. The normalized spacial score (nSPS) is 10.6. The maximum absolute atomic E-state index is 12.6. The van der Waals surface area contributed by atoms with Crippen LogP contribution in [0.4, 0.5) is 8.78 Å². The molecule has 0 saturated heterocycles. The molecule has 0 amide bonds. The second-order valence-corrected chi connectivity index (χ2v) is 3.86. The SMILES string of the molecule is COC(=O)c1cc(Br)nc(C(F)F)c1CCl. The standard InChI is InChI=1S/C9H7BrClF2NO2/c1-16-9(15)4-2-6(10)14-7(8(12)13)5(4)3-11/h2,8H,3H2,1H3. The lowest BCUT2D eigenvalue weighted by molar-refractivity contribution is 0.0598. The number of carbonyl (C=O) groups excluding carboxylic acids is 1. The summed E-state index contributed by atoms with van der Waals surface area (Å²) >= 11 is 8.49. The van der Waals surface area contributed by atoms with E-state index in [2.05, 4.69) is 25.7 Å². The van der Waals surface area contributed by atoms with Gasteiger partial charge in [0.15, 0.2) is 0 Å². The number of rotatable bonds is 3. The number of pyridine rings is 1. The Hall–Kier alpha value is -0.750. The second-order valence-electron chi connectivity index (χ2n) is 2.78. The second kappa shape index (κ2) is 5.54. The lowest BCUT2D eigenvalue weighted by Crippen LogP contribution is -2.10. The highest BCUT2D eigenvalue weighted by Crippen LogP contribution is 2.28. The summed E-state index contributed by atoms with van der Waals surface area (Å²) in [6.07, 6.45) is -2.80. The Morgan fingerprint density at radius 3 is 2.75 bits per heavy atom. The summed E-state index contributed by atoms with van der Waals surface area (Å²) in [5, 5.41) is 0. The predicted octanol–water partition coefficient (Wildman–Crippen LogP) is 3.31. The number of carbonyl (C=O) groups is 1. The zero-order valence-electron chi connectivity index (χ0n) is 8.14. The van der Waals surface area contributed by atoms with Crippen LogP contribution >= 0.6 is 27.5 Å². The smallest absolute Gasteiger partial charge is 0.338 e. The van der Waals surface area contributed by atoms with Crippen LogP contribution in [0.1, 0.15) is 28.0 Å². The van der Waals surface area contributed by atoms with Gasteiger partial charge in [-0.3, -0.25) is 0 Å². The van der Waals surface area contributed by atoms with Gasteiger partial charge in [0.05, 0.1) is 18.6 Å². The summed E-state index contributed by atoms with van der Waals surface area (Å²) in [5.74, 6) is -0.953. The molecule has 88 valence electrons. The van der Waals surface area contributed by atoms with Crippen molar-refractivity contribution in [1.29, 1.82) is 0 Å². The molecule has 0 aliphatic heterocycles. The lowest BCUT2D eigenvalue weighted by atomic mass is 10.1. The van der Waals surface area contributed by atoms with Gasteiger partial charge >= 0.3 is 5.97 Å². The van der Waals surface area contributed by atoms with E-state index in [1.807, 2.05) is 0 Å². The number of esters is 1. The molecule has 1 aromatic heterocycles. The molecule has 0 unspecified atom stereocenters. The number of ether oxygens (including phenoxy) is 1. The van der Waals surface area contributed by atoms with Crippen molar-refractivity contribution in [2.24, 2.45) is 0 Å². The van der Waals surface area contributed by atoms with Gasteiger partial charge in [-0.15, -0.1) is 11.6 Å². The van der Waals surface area contributed by atoms with E-state index in [0.717, 1.165) is 7.11 Å². The minimum Gasteiger partial charge on any atom is -0.465 e. The van der Waals surface area contributed by atoms with Gasteiger partial charge in [0.25, 0.3) is 6.43 Å². The number of hydrogen-bond donors (Lipinski definition) is 0. The highest BCUT2D eigenvalue weighted by Gasteiger charge is 2.22. The van der Waals surface area contributed by atoms with Crippen molar-refractivity contribution in [3.63, 3.8) is 0 Å². The van der Waals surface area contributed by atoms with Crippen LogP contribution in [-0.4, -0.2) is 18.1 Å². The van der Waals surface area contributed by atoms with Crippen LogP contribution in [0, 0.1) is 0 Å². The molecule has 0 aliphatic carbocycles. The number of hydrogen-bond acceptors (Lipinski definition) is 3. The van der Waals surface area contributed by atoms with Crippen LogP contribution < -0.4 is 0 Å². The molecule has 0 N–H and O–H groups in total. The fourth-order valence-corrected chi connectivity index (χ4v) is 1.87. The van der Waals surface area contributed by atoms with E-state index in [4.69, 9.17) is 11.6 Å². The molecule has 0 atom stereocenters. The first-order valence-electron chi connectivity index (χ1n) is 4.13. The summed E-state index contributed by atoms with van der Waals surface area (Å²) in [6.45, 7) is 0. The van der Waals surface area contributed by atoms with Crippen molar-refractivity contribution in [3.05, 3.63) is 27.5 Å². The Labute approximate surface area is 104 Å². The van der Waals surface area contributed by atoms with E-state index in [1.54, 1.807) is 0 Å². The van der Waals surface area contributed by atoms with E-state index in [-0.39, 0.29) is 21.6 Å². The molecule has 0 radical (unpaired) electrons. The summed E-state index contributed by atoms with van der Waals surface area (Å²) in [5.41, 5.74) is -0.522. The van der Waals surface area contributed by atoms with Crippen LogP contribution in [0.15, 0.2) is 10.7 Å². The molecule has 1 aromatic rings. The van der Waals surface area contributed by atoms with Crippen LogP contribution in [0.5, 0.6) is 0 Å². The van der Waals surface area contributed by atoms with Gasteiger partial charge in [-0.1, -0.05) is 0 Å². The van der Waals surface area contributed by atoms with Gasteiger partial charge < -0.3 is 4.74 Å². The van der Waals surface area contributed by atoms with Gasteiger partial charge in [-0.2, -0.15) is 0 Å². The van der Waals surface area contributed by atoms with Gasteiger partial charge in [-0.25, -0.2) is 18.6 Å². The number of nitrogens with zero attached hydrogens (tertiary/aromatic N) is 1. The Morgan fingerprint density at radius 2 is 2.31 bits per heavy atom. The molecule has 1 rings (SSSR count). The van der Waals surface area contributed by atoms with Crippen molar-refractivity contribution in [3.8, 4) is 0 Å². The predicted molar refractivity (Wildman–Crippen MR) is 57.8 cm³/mol. The maximum Gasteiger partial charge on any atom is 0.338 e. The van der Waals surface area contributed by atoms with Crippen LogP contribution in [-0.2, 0) is 10.6 Å². The van der Waals surface area contributed by atoms with Crippen LogP contribution in [0.2, 0.25) is 0 Å². The molecule has 0 spiro atoms. The first-order chi connectivity index (χ1) is 7.51. The first kappa shape index (κ1) is 13.3. The average molecular weight is 315 g/mol. The van der Waals surface area contributed by atoms with Crippen molar-refractivity contribution in [2.75, 3.05) is 7.11 Å². The van der Waals surface area contributed by atoms with E-state index in [1.165, 1.54) is 6.07 Å². The minimum absolute atomic E-state index is 0.00493. The zero-order chi connectivity index (χ0) is 12.3. The van der Waals surface area contributed by atoms with Gasteiger partial charge in [0.1, 0.15) is 10.3 Å². The molecule has 0 saturated carbocycles. The third-order valence-corrected chi connectivity index (χ3v) is 2.54. The van der Waals surface area contributed by atoms with Crippen LogP contribution in [0.25, 0.3) is 0 Å². The Morgan fingerprint density at radius 1 is 1.69 bits per heavy atom. The number of methoxy groups -OCH3 is 1. The average Bonchev–Trinajstić information content (AvgIpc) is 2.26. The molecule has 3 nitrogen and oxygen atoms in total. The van der Waals surface area contributed by atoms with Crippen molar-refractivity contribution < 1.29 is 18.3 Å². The topological polar surface area (TPSA) is 39.2 Å². The molecule has 0 aromatic carbocycles. The van der Waals surface area contributed by atoms with Gasteiger partial charge in [0, 0.05) is 5.56 Å². The monoisotopic (exact) mass is 313 g/mol. The van der Waals surface area contributed by atoms with E-state index in [9.17, 15) is 13.6 Å². The summed E-state index contributed by atoms with van der Waals surface area (Å²) in [7, 11) is 1.16. The summed E-state index contributed by atoms with van der Waals surface area (Å²) in [6, 6.07) is 1.30. The third-order valence-electron chi connectivity index (χ3n) is 1.87. The Kier molecular flexibility index (Phi) is 4.61. The van der Waals surface area contributed by atoms with E-state index >= 15 is 0 Å². The Bertz CT molecular complexity index is 415. The summed E-state index contributed by atoms with van der Waals surface area (Å²) in [4.78, 5) is 14.9. The zero-order valence-corrected chi connectivity index (χ0v) is 10.5. The molecule has 0 aliphatic rings.